The summed E-state index contributed by atoms with van der Waals surface area (Å²) in [6, 6.07) is 10.6. The van der Waals surface area contributed by atoms with Crippen molar-refractivity contribution in [1.29, 1.82) is 0 Å². The summed E-state index contributed by atoms with van der Waals surface area (Å²) in [6.07, 6.45) is 0. The summed E-state index contributed by atoms with van der Waals surface area (Å²) in [4.78, 5) is 5.79. The van der Waals surface area contributed by atoms with Crippen molar-refractivity contribution in [3.8, 4) is 0 Å². The molecule has 0 saturated heterocycles. The third-order valence-electron chi connectivity index (χ3n) is 3.14. The van der Waals surface area contributed by atoms with Crippen LogP contribution in [0.3, 0.4) is 0 Å². The SMILES string of the molecule is C=C(CNC(C)c1sc(C)nc1C)c1ccccc1. The molecule has 1 aromatic heterocycles. The molecule has 0 bridgehead atoms. The van der Waals surface area contributed by atoms with E-state index in [-0.39, 0.29) is 0 Å². The van der Waals surface area contributed by atoms with Crippen LogP contribution in [-0.2, 0) is 0 Å². The van der Waals surface area contributed by atoms with Crippen molar-refractivity contribution in [2.45, 2.75) is 26.8 Å². The van der Waals surface area contributed by atoms with E-state index < -0.39 is 0 Å². The fourth-order valence-corrected chi connectivity index (χ4v) is 3.05. The van der Waals surface area contributed by atoms with Gasteiger partial charge >= 0.3 is 0 Å². The fraction of sp³-hybridized carbons (Fsp3) is 0.312. The quantitative estimate of drug-likeness (QED) is 0.885. The van der Waals surface area contributed by atoms with E-state index in [0.29, 0.717) is 6.04 Å². The Morgan fingerprint density at radius 3 is 2.58 bits per heavy atom. The maximum Gasteiger partial charge on any atom is 0.0900 e. The van der Waals surface area contributed by atoms with Crippen LogP contribution in [0.1, 0.15) is 34.1 Å². The first-order valence-corrected chi connectivity index (χ1v) is 7.30. The summed E-state index contributed by atoms with van der Waals surface area (Å²) < 4.78 is 0. The summed E-state index contributed by atoms with van der Waals surface area (Å²) in [5, 5.41) is 4.65. The van der Waals surface area contributed by atoms with Crippen LogP contribution in [0.2, 0.25) is 0 Å². The van der Waals surface area contributed by atoms with Crippen LogP contribution >= 0.6 is 11.3 Å². The van der Waals surface area contributed by atoms with Crippen molar-refractivity contribution in [3.63, 3.8) is 0 Å². The summed E-state index contributed by atoms with van der Waals surface area (Å²) in [6.45, 7) is 11.2. The maximum absolute atomic E-state index is 4.47. The second-order valence-electron chi connectivity index (χ2n) is 4.75. The number of thiazole rings is 1. The summed E-state index contributed by atoms with van der Waals surface area (Å²) in [5.74, 6) is 0. The Labute approximate surface area is 119 Å². The van der Waals surface area contributed by atoms with Crippen molar-refractivity contribution in [3.05, 3.63) is 58.1 Å². The average molecular weight is 272 g/mol. The summed E-state index contributed by atoms with van der Waals surface area (Å²) >= 11 is 1.77. The van der Waals surface area contributed by atoms with Gasteiger partial charge in [0.05, 0.1) is 10.7 Å². The second kappa shape index (κ2) is 6.13. The largest absolute Gasteiger partial charge is 0.305 e. The van der Waals surface area contributed by atoms with Gasteiger partial charge in [0, 0.05) is 17.5 Å². The first-order chi connectivity index (χ1) is 9.08. The van der Waals surface area contributed by atoms with E-state index in [1.165, 1.54) is 10.4 Å². The van der Waals surface area contributed by atoms with Crippen molar-refractivity contribution in [1.82, 2.24) is 10.3 Å². The fourth-order valence-electron chi connectivity index (χ4n) is 2.09. The number of hydrogen-bond donors (Lipinski definition) is 1. The Kier molecular flexibility index (Phi) is 4.51. The number of nitrogens with zero attached hydrogens (tertiary/aromatic N) is 1. The topological polar surface area (TPSA) is 24.9 Å². The number of benzene rings is 1. The predicted octanol–water partition coefficient (Wildman–Crippen LogP) is 4.12. The Bertz CT molecular complexity index is 557. The van der Waals surface area contributed by atoms with Crippen molar-refractivity contribution >= 4 is 16.9 Å². The minimum atomic E-state index is 0.312. The normalized spacial score (nSPS) is 12.4. The number of aromatic nitrogens is 1. The van der Waals surface area contributed by atoms with Crippen molar-refractivity contribution < 1.29 is 0 Å². The minimum absolute atomic E-state index is 0.312. The lowest BCUT2D eigenvalue weighted by molar-refractivity contribution is 0.628. The number of hydrogen-bond acceptors (Lipinski definition) is 3. The molecule has 2 aromatic rings. The third kappa shape index (κ3) is 3.52. The van der Waals surface area contributed by atoms with Crippen LogP contribution in [-0.4, -0.2) is 11.5 Å². The van der Waals surface area contributed by atoms with E-state index in [9.17, 15) is 0 Å². The average Bonchev–Trinajstić information content (AvgIpc) is 2.75. The smallest absolute Gasteiger partial charge is 0.0900 e. The maximum atomic E-state index is 4.47. The second-order valence-corrected chi connectivity index (χ2v) is 5.99. The van der Waals surface area contributed by atoms with Gasteiger partial charge in [-0.15, -0.1) is 11.3 Å². The molecule has 3 heteroatoms. The molecule has 1 N–H and O–H groups in total. The van der Waals surface area contributed by atoms with Gasteiger partial charge in [0.2, 0.25) is 0 Å². The molecule has 0 aliphatic rings. The highest BCUT2D eigenvalue weighted by atomic mass is 32.1. The first-order valence-electron chi connectivity index (χ1n) is 6.48. The summed E-state index contributed by atoms with van der Waals surface area (Å²) in [5.41, 5.74) is 3.44. The predicted molar refractivity (Wildman–Crippen MR) is 83.5 cm³/mol. The van der Waals surface area contributed by atoms with E-state index in [2.05, 4.69) is 49.8 Å². The minimum Gasteiger partial charge on any atom is -0.305 e. The zero-order chi connectivity index (χ0) is 13.8. The standard InChI is InChI=1S/C16H20N2S/c1-11(15-8-6-5-7-9-15)10-17-12(2)16-13(3)18-14(4)19-16/h5-9,12,17H,1,10H2,2-4H3. The summed E-state index contributed by atoms with van der Waals surface area (Å²) in [7, 11) is 0. The van der Waals surface area contributed by atoms with Gasteiger partial charge in [0.25, 0.3) is 0 Å². The molecular formula is C16H20N2S. The molecule has 0 amide bonds. The van der Waals surface area contributed by atoms with E-state index in [0.717, 1.165) is 22.8 Å². The van der Waals surface area contributed by atoms with Gasteiger partial charge in [-0.25, -0.2) is 4.98 Å². The monoisotopic (exact) mass is 272 g/mol. The van der Waals surface area contributed by atoms with Gasteiger partial charge in [-0.05, 0) is 31.9 Å². The number of aryl methyl sites for hydroxylation is 2. The first kappa shape index (κ1) is 14.0. The Morgan fingerprint density at radius 2 is 2.00 bits per heavy atom. The molecule has 1 aromatic carbocycles. The van der Waals surface area contributed by atoms with E-state index in [4.69, 9.17) is 0 Å². The van der Waals surface area contributed by atoms with Gasteiger partial charge in [0.15, 0.2) is 0 Å². The van der Waals surface area contributed by atoms with Gasteiger partial charge in [-0.2, -0.15) is 0 Å². The molecule has 2 nitrogen and oxygen atoms in total. The molecular weight excluding hydrogens is 252 g/mol. The van der Waals surface area contributed by atoms with Crippen LogP contribution in [0.5, 0.6) is 0 Å². The van der Waals surface area contributed by atoms with Crippen LogP contribution in [0.15, 0.2) is 36.9 Å². The molecule has 0 aliphatic heterocycles. The Balaban J connectivity index is 1.96. The van der Waals surface area contributed by atoms with Crippen LogP contribution in [0, 0.1) is 13.8 Å². The Hall–Kier alpha value is -1.45. The highest BCUT2D eigenvalue weighted by Gasteiger charge is 2.12. The van der Waals surface area contributed by atoms with Gasteiger partial charge in [-0.1, -0.05) is 36.9 Å². The van der Waals surface area contributed by atoms with Crippen molar-refractivity contribution in [2.24, 2.45) is 0 Å². The zero-order valence-corrected chi connectivity index (χ0v) is 12.6. The lowest BCUT2D eigenvalue weighted by atomic mass is 10.1. The van der Waals surface area contributed by atoms with Crippen LogP contribution in [0.25, 0.3) is 5.57 Å². The highest BCUT2D eigenvalue weighted by Crippen LogP contribution is 2.24. The Morgan fingerprint density at radius 1 is 1.32 bits per heavy atom. The lowest BCUT2D eigenvalue weighted by Gasteiger charge is -2.14. The number of rotatable bonds is 5. The molecule has 1 atom stereocenters. The molecule has 0 spiro atoms. The molecule has 0 saturated carbocycles. The van der Waals surface area contributed by atoms with Crippen LogP contribution in [0.4, 0.5) is 0 Å². The molecule has 0 radical (unpaired) electrons. The highest BCUT2D eigenvalue weighted by molar-refractivity contribution is 7.11. The molecule has 0 fully saturated rings. The van der Waals surface area contributed by atoms with Gasteiger partial charge in [-0.3, -0.25) is 0 Å². The zero-order valence-electron chi connectivity index (χ0n) is 11.7. The van der Waals surface area contributed by atoms with E-state index >= 15 is 0 Å². The lowest BCUT2D eigenvalue weighted by Crippen LogP contribution is -2.20. The molecule has 2 rings (SSSR count). The van der Waals surface area contributed by atoms with Gasteiger partial charge < -0.3 is 5.32 Å². The molecule has 1 heterocycles. The van der Waals surface area contributed by atoms with Crippen LogP contribution < -0.4 is 5.32 Å². The molecule has 100 valence electrons. The van der Waals surface area contributed by atoms with E-state index in [1.807, 2.05) is 18.2 Å². The van der Waals surface area contributed by atoms with E-state index in [1.54, 1.807) is 11.3 Å². The molecule has 19 heavy (non-hydrogen) atoms. The molecule has 0 aliphatic carbocycles. The van der Waals surface area contributed by atoms with Gasteiger partial charge in [0.1, 0.15) is 0 Å². The number of nitrogens with one attached hydrogen (secondary N) is 1. The molecule has 1 unspecified atom stereocenters. The third-order valence-corrected chi connectivity index (χ3v) is 4.39. The van der Waals surface area contributed by atoms with Crippen molar-refractivity contribution in [2.75, 3.05) is 6.54 Å².